The van der Waals surface area contributed by atoms with E-state index in [4.69, 9.17) is 5.11 Å². The number of rotatable bonds is 2. The number of hydrogen-bond donors (Lipinski definition) is 1. The fourth-order valence-corrected chi connectivity index (χ4v) is 2.92. The Labute approximate surface area is 96.2 Å². The molecule has 0 aliphatic rings. The van der Waals surface area contributed by atoms with Crippen LogP contribution < -0.4 is 0 Å². The van der Waals surface area contributed by atoms with Crippen molar-refractivity contribution in [3.8, 4) is 10.6 Å². The number of thiophene rings is 1. The van der Waals surface area contributed by atoms with Crippen molar-refractivity contribution in [1.82, 2.24) is 4.98 Å². The molecule has 2 aromatic heterocycles. The Hall–Kier alpha value is -0.720. The molecule has 2 aromatic rings. The van der Waals surface area contributed by atoms with Gasteiger partial charge in [0.1, 0.15) is 5.01 Å². The molecule has 14 heavy (non-hydrogen) atoms. The van der Waals surface area contributed by atoms with Gasteiger partial charge < -0.3 is 5.11 Å². The maximum Gasteiger partial charge on any atom is 0.355 e. The molecule has 0 amide bonds. The number of thiazole rings is 1. The molecule has 2 heterocycles. The van der Waals surface area contributed by atoms with Crippen LogP contribution in [0.5, 0.6) is 0 Å². The van der Waals surface area contributed by atoms with Gasteiger partial charge in [-0.15, -0.1) is 22.7 Å². The van der Waals surface area contributed by atoms with E-state index in [2.05, 4.69) is 20.9 Å². The van der Waals surface area contributed by atoms with Gasteiger partial charge in [0, 0.05) is 16.3 Å². The number of carboxylic acid groups (broad SMARTS) is 1. The monoisotopic (exact) mass is 289 g/mol. The van der Waals surface area contributed by atoms with Gasteiger partial charge in [0.2, 0.25) is 0 Å². The number of carbonyl (C=O) groups is 1. The topological polar surface area (TPSA) is 50.2 Å². The van der Waals surface area contributed by atoms with Gasteiger partial charge in [-0.25, -0.2) is 9.78 Å². The van der Waals surface area contributed by atoms with E-state index in [1.165, 1.54) is 11.3 Å². The summed E-state index contributed by atoms with van der Waals surface area (Å²) < 4.78 is 1.01. The highest BCUT2D eigenvalue weighted by Gasteiger charge is 2.10. The van der Waals surface area contributed by atoms with Gasteiger partial charge in [-0.05, 0) is 22.0 Å². The Morgan fingerprint density at radius 2 is 2.21 bits per heavy atom. The van der Waals surface area contributed by atoms with Gasteiger partial charge in [-0.1, -0.05) is 0 Å². The molecule has 0 spiro atoms. The van der Waals surface area contributed by atoms with Crippen LogP contribution in [0.15, 0.2) is 20.6 Å². The van der Waals surface area contributed by atoms with Crippen LogP contribution in [0.3, 0.4) is 0 Å². The van der Waals surface area contributed by atoms with E-state index >= 15 is 0 Å². The fourth-order valence-electron chi connectivity index (χ4n) is 0.927. The third-order valence-electron chi connectivity index (χ3n) is 1.54. The molecule has 0 atom stereocenters. The molecule has 0 saturated heterocycles. The van der Waals surface area contributed by atoms with Crippen molar-refractivity contribution in [3.63, 3.8) is 0 Å². The number of halogens is 1. The molecule has 0 aliphatic heterocycles. The van der Waals surface area contributed by atoms with Crippen LogP contribution in [0.25, 0.3) is 10.6 Å². The van der Waals surface area contributed by atoms with Gasteiger partial charge in [0.05, 0.1) is 3.79 Å². The Balaban J connectivity index is 2.38. The van der Waals surface area contributed by atoms with Gasteiger partial charge in [0.15, 0.2) is 5.69 Å². The van der Waals surface area contributed by atoms with Crippen molar-refractivity contribution < 1.29 is 9.90 Å². The van der Waals surface area contributed by atoms with Gasteiger partial charge in [-0.2, -0.15) is 0 Å². The molecule has 0 bridgehead atoms. The zero-order valence-corrected chi connectivity index (χ0v) is 9.95. The van der Waals surface area contributed by atoms with Crippen LogP contribution >= 0.6 is 38.6 Å². The molecule has 1 N–H and O–H groups in total. The molecule has 72 valence electrons. The van der Waals surface area contributed by atoms with Crippen LogP contribution in [0.2, 0.25) is 0 Å². The molecule has 0 saturated carbocycles. The average Bonchev–Trinajstić information content (AvgIpc) is 2.70. The molecule has 0 unspecified atom stereocenters. The standard InChI is InChI=1S/C8H4BrNO2S2/c9-6-1-4(2-13-6)7-10-5(3-14-7)8(11)12/h1-3H,(H,11,12). The number of nitrogens with zero attached hydrogens (tertiary/aromatic N) is 1. The summed E-state index contributed by atoms with van der Waals surface area (Å²) in [4.78, 5) is 14.6. The second kappa shape index (κ2) is 3.80. The van der Waals surface area contributed by atoms with Crippen LogP contribution in [-0.2, 0) is 0 Å². The minimum atomic E-state index is -0.984. The number of hydrogen-bond acceptors (Lipinski definition) is 4. The predicted molar refractivity (Wildman–Crippen MR) is 60.1 cm³/mol. The molecular formula is C8H4BrNO2S2. The highest BCUT2D eigenvalue weighted by Crippen LogP contribution is 2.30. The summed E-state index contributed by atoms with van der Waals surface area (Å²) in [6, 6.07) is 1.93. The lowest BCUT2D eigenvalue weighted by Crippen LogP contribution is -1.95. The molecular weight excluding hydrogens is 286 g/mol. The van der Waals surface area contributed by atoms with E-state index in [1.54, 1.807) is 16.7 Å². The molecule has 0 aromatic carbocycles. The average molecular weight is 290 g/mol. The van der Waals surface area contributed by atoms with Gasteiger partial charge >= 0.3 is 5.97 Å². The Morgan fingerprint density at radius 1 is 1.43 bits per heavy atom. The Bertz CT molecular complexity index is 477. The second-order valence-corrected chi connectivity index (χ2v) is 5.63. The number of aromatic carboxylic acids is 1. The smallest absolute Gasteiger partial charge is 0.355 e. The van der Waals surface area contributed by atoms with E-state index in [0.717, 1.165) is 14.4 Å². The summed E-state index contributed by atoms with van der Waals surface area (Å²) in [7, 11) is 0. The van der Waals surface area contributed by atoms with E-state index in [0.29, 0.717) is 0 Å². The molecule has 0 aliphatic carbocycles. The Morgan fingerprint density at radius 3 is 2.71 bits per heavy atom. The highest BCUT2D eigenvalue weighted by molar-refractivity contribution is 9.11. The third kappa shape index (κ3) is 1.87. The van der Waals surface area contributed by atoms with Crippen LogP contribution in [0, 0.1) is 0 Å². The Kier molecular flexibility index (Phi) is 2.66. The summed E-state index contributed by atoms with van der Waals surface area (Å²) in [5.74, 6) is -0.984. The minimum Gasteiger partial charge on any atom is -0.476 e. The second-order valence-electron chi connectivity index (χ2n) is 2.48. The molecule has 2 rings (SSSR count). The summed E-state index contributed by atoms with van der Waals surface area (Å²) in [6.45, 7) is 0. The lowest BCUT2D eigenvalue weighted by atomic mass is 10.3. The van der Waals surface area contributed by atoms with Crippen LogP contribution in [0.4, 0.5) is 0 Å². The van der Waals surface area contributed by atoms with Crippen molar-refractivity contribution in [3.05, 3.63) is 26.3 Å². The first-order valence-electron chi connectivity index (χ1n) is 3.60. The van der Waals surface area contributed by atoms with E-state index in [9.17, 15) is 4.79 Å². The summed E-state index contributed by atoms with van der Waals surface area (Å²) in [5, 5.41) is 12.9. The maximum absolute atomic E-state index is 10.6. The normalized spacial score (nSPS) is 10.4. The van der Waals surface area contributed by atoms with Gasteiger partial charge in [-0.3, -0.25) is 0 Å². The van der Waals surface area contributed by atoms with Crippen molar-refractivity contribution in [2.75, 3.05) is 0 Å². The summed E-state index contributed by atoms with van der Waals surface area (Å²) in [5.41, 5.74) is 1.06. The van der Waals surface area contributed by atoms with Crippen molar-refractivity contribution in [2.45, 2.75) is 0 Å². The van der Waals surface area contributed by atoms with Crippen molar-refractivity contribution >= 4 is 44.6 Å². The SMILES string of the molecule is O=C(O)c1csc(-c2csc(Br)c2)n1. The summed E-state index contributed by atoms with van der Waals surface area (Å²) >= 11 is 6.24. The first kappa shape index (κ1) is 9.82. The van der Waals surface area contributed by atoms with E-state index in [-0.39, 0.29) is 5.69 Å². The summed E-state index contributed by atoms with van der Waals surface area (Å²) in [6.07, 6.45) is 0. The molecule has 0 fully saturated rings. The van der Waals surface area contributed by atoms with E-state index < -0.39 is 5.97 Å². The van der Waals surface area contributed by atoms with Crippen LogP contribution in [-0.4, -0.2) is 16.1 Å². The van der Waals surface area contributed by atoms with E-state index in [1.807, 2.05) is 11.4 Å². The number of carboxylic acids is 1. The predicted octanol–water partition coefficient (Wildman–Crippen LogP) is 3.33. The molecule has 6 heteroatoms. The first-order valence-corrected chi connectivity index (χ1v) is 6.15. The first-order chi connectivity index (χ1) is 6.66. The minimum absolute atomic E-state index is 0.104. The van der Waals surface area contributed by atoms with Crippen molar-refractivity contribution in [2.24, 2.45) is 0 Å². The maximum atomic E-state index is 10.6. The highest BCUT2D eigenvalue weighted by atomic mass is 79.9. The zero-order valence-electron chi connectivity index (χ0n) is 6.73. The lowest BCUT2D eigenvalue weighted by molar-refractivity contribution is 0.0691. The largest absolute Gasteiger partial charge is 0.476 e. The lowest BCUT2D eigenvalue weighted by Gasteiger charge is -1.86. The fraction of sp³-hybridized carbons (Fsp3) is 0. The molecule has 0 radical (unpaired) electrons. The third-order valence-corrected chi connectivity index (χ3v) is 3.93. The zero-order chi connectivity index (χ0) is 10.1. The van der Waals surface area contributed by atoms with Crippen molar-refractivity contribution in [1.29, 1.82) is 0 Å². The van der Waals surface area contributed by atoms with Gasteiger partial charge in [0.25, 0.3) is 0 Å². The molecule has 3 nitrogen and oxygen atoms in total. The quantitative estimate of drug-likeness (QED) is 0.923. The number of aromatic nitrogens is 1. The van der Waals surface area contributed by atoms with Crippen LogP contribution in [0.1, 0.15) is 10.5 Å².